The third-order valence-corrected chi connectivity index (χ3v) is 6.16. The number of thiophene rings is 1. The van der Waals surface area contributed by atoms with Gasteiger partial charge in [0.15, 0.2) is 0 Å². The van der Waals surface area contributed by atoms with Gasteiger partial charge >= 0.3 is 0 Å². The first-order chi connectivity index (χ1) is 9.89. The fraction of sp³-hybridized carbons (Fsp3) is 0.765. The minimum absolute atomic E-state index is 0.503. The standard InChI is InChI=1S/C17H29BrN2S/c1-5-19-15-6-7-17(2,3)9-14(15)11-20(4)10-13-8-16(18)21-12-13/h8,12,14-15,19H,5-7,9-11H2,1-4H3. The molecule has 120 valence electrons. The third kappa shape index (κ3) is 5.34. The van der Waals surface area contributed by atoms with Gasteiger partial charge in [-0.05, 0) is 77.1 Å². The predicted octanol–water partition coefficient (Wildman–Crippen LogP) is 4.75. The van der Waals surface area contributed by atoms with Gasteiger partial charge < -0.3 is 10.2 Å². The number of nitrogens with one attached hydrogen (secondary N) is 1. The number of hydrogen-bond acceptors (Lipinski definition) is 3. The Labute approximate surface area is 142 Å². The van der Waals surface area contributed by atoms with Gasteiger partial charge in [0.2, 0.25) is 0 Å². The van der Waals surface area contributed by atoms with Crippen molar-refractivity contribution in [3.63, 3.8) is 0 Å². The van der Waals surface area contributed by atoms with E-state index in [2.05, 4.69) is 65.4 Å². The lowest BCUT2D eigenvalue weighted by Crippen LogP contribution is -2.46. The molecule has 1 aromatic rings. The molecule has 2 nitrogen and oxygen atoms in total. The van der Waals surface area contributed by atoms with E-state index in [1.165, 1.54) is 35.2 Å². The van der Waals surface area contributed by atoms with Crippen LogP contribution >= 0.6 is 27.3 Å². The largest absolute Gasteiger partial charge is 0.314 e. The maximum atomic E-state index is 3.71. The molecule has 2 rings (SSSR count). The van der Waals surface area contributed by atoms with Gasteiger partial charge in [0.25, 0.3) is 0 Å². The molecular formula is C17H29BrN2S. The molecule has 0 spiro atoms. The SMILES string of the molecule is CCNC1CCC(C)(C)CC1CN(C)Cc1csc(Br)c1. The van der Waals surface area contributed by atoms with Gasteiger partial charge in [0.05, 0.1) is 3.79 Å². The molecule has 0 radical (unpaired) electrons. The maximum Gasteiger partial charge on any atom is 0.0701 e. The molecule has 1 heterocycles. The van der Waals surface area contributed by atoms with Crippen LogP contribution in [0.25, 0.3) is 0 Å². The second-order valence-corrected chi connectivity index (χ2v) is 9.58. The average molecular weight is 373 g/mol. The summed E-state index contributed by atoms with van der Waals surface area (Å²) >= 11 is 5.33. The molecule has 2 atom stereocenters. The first-order valence-electron chi connectivity index (χ1n) is 8.04. The van der Waals surface area contributed by atoms with Gasteiger partial charge in [-0.25, -0.2) is 0 Å². The van der Waals surface area contributed by atoms with Gasteiger partial charge in [-0.1, -0.05) is 20.8 Å². The molecule has 0 aromatic carbocycles. The number of halogens is 1. The van der Waals surface area contributed by atoms with Crippen molar-refractivity contribution in [1.82, 2.24) is 10.2 Å². The predicted molar refractivity (Wildman–Crippen MR) is 96.9 cm³/mol. The fourth-order valence-corrected chi connectivity index (χ4v) is 4.86. The van der Waals surface area contributed by atoms with Crippen LogP contribution < -0.4 is 5.32 Å². The Hall–Kier alpha value is 0.100. The van der Waals surface area contributed by atoms with Crippen LogP contribution in [0.4, 0.5) is 0 Å². The van der Waals surface area contributed by atoms with E-state index in [0.717, 1.165) is 19.0 Å². The number of nitrogens with zero attached hydrogens (tertiary/aromatic N) is 1. The molecule has 1 saturated carbocycles. The molecule has 1 aromatic heterocycles. The van der Waals surface area contributed by atoms with E-state index in [4.69, 9.17) is 0 Å². The summed E-state index contributed by atoms with van der Waals surface area (Å²) in [6.45, 7) is 10.4. The van der Waals surface area contributed by atoms with Crippen LogP contribution in [0.3, 0.4) is 0 Å². The van der Waals surface area contributed by atoms with Crippen LogP contribution in [0.15, 0.2) is 15.2 Å². The molecule has 1 fully saturated rings. The molecule has 21 heavy (non-hydrogen) atoms. The summed E-state index contributed by atoms with van der Waals surface area (Å²) in [5.41, 5.74) is 1.92. The lowest BCUT2D eigenvalue weighted by Gasteiger charge is -2.42. The average Bonchev–Trinajstić information content (AvgIpc) is 2.77. The van der Waals surface area contributed by atoms with Crippen LogP contribution in [0.5, 0.6) is 0 Å². The monoisotopic (exact) mass is 372 g/mol. The number of rotatable bonds is 6. The summed E-state index contributed by atoms with van der Waals surface area (Å²) in [6, 6.07) is 2.94. The zero-order valence-electron chi connectivity index (χ0n) is 13.8. The van der Waals surface area contributed by atoms with Crippen LogP contribution in [0.1, 0.15) is 45.6 Å². The molecule has 0 saturated heterocycles. The van der Waals surface area contributed by atoms with Gasteiger partial charge in [-0.3, -0.25) is 0 Å². The van der Waals surface area contributed by atoms with E-state index in [0.29, 0.717) is 11.5 Å². The quantitative estimate of drug-likeness (QED) is 0.774. The molecule has 0 bridgehead atoms. The van der Waals surface area contributed by atoms with Crippen molar-refractivity contribution in [2.45, 2.75) is 52.6 Å². The molecule has 0 aliphatic heterocycles. The van der Waals surface area contributed by atoms with E-state index in [1.54, 1.807) is 11.3 Å². The van der Waals surface area contributed by atoms with E-state index < -0.39 is 0 Å². The van der Waals surface area contributed by atoms with Crippen molar-refractivity contribution in [2.24, 2.45) is 11.3 Å². The minimum Gasteiger partial charge on any atom is -0.314 e. The smallest absolute Gasteiger partial charge is 0.0701 e. The Morgan fingerprint density at radius 2 is 2.24 bits per heavy atom. The molecule has 1 N–H and O–H groups in total. The topological polar surface area (TPSA) is 15.3 Å². The Bertz CT molecular complexity index is 444. The van der Waals surface area contributed by atoms with E-state index in [1.807, 2.05) is 0 Å². The highest BCUT2D eigenvalue weighted by molar-refractivity contribution is 9.11. The first kappa shape index (κ1) is 17.5. The second kappa shape index (κ2) is 7.58. The molecule has 2 unspecified atom stereocenters. The van der Waals surface area contributed by atoms with E-state index in [-0.39, 0.29) is 0 Å². The summed E-state index contributed by atoms with van der Waals surface area (Å²) in [4.78, 5) is 2.49. The Morgan fingerprint density at radius 1 is 1.48 bits per heavy atom. The molecular weight excluding hydrogens is 344 g/mol. The Balaban J connectivity index is 1.93. The zero-order valence-corrected chi connectivity index (χ0v) is 16.2. The lowest BCUT2D eigenvalue weighted by molar-refractivity contribution is 0.107. The van der Waals surface area contributed by atoms with Gasteiger partial charge in [-0.2, -0.15) is 0 Å². The van der Waals surface area contributed by atoms with Crippen molar-refractivity contribution < 1.29 is 0 Å². The van der Waals surface area contributed by atoms with Crippen molar-refractivity contribution in [3.8, 4) is 0 Å². The zero-order chi connectivity index (χ0) is 15.5. The van der Waals surface area contributed by atoms with Gasteiger partial charge in [-0.15, -0.1) is 11.3 Å². The van der Waals surface area contributed by atoms with Gasteiger partial charge in [0, 0.05) is 19.1 Å². The maximum absolute atomic E-state index is 3.71. The lowest BCUT2D eigenvalue weighted by atomic mass is 9.69. The molecule has 1 aliphatic rings. The highest BCUT2D eigenvalue weighted by Crippen LogP contribution is 2.39. The van der Waals surface area contributed by atoms with Crippen molar-refractivity contribution in [1.29, 1.82) is 0 Å². The summed E-state index contributed by atoms with van der Waals surface area (Å²) in [7, 11) is 2.26. The minimum atomic E-state index is 0.503. The normalized spacial score (nSPS) is 25.4. The van der Waals surface area contributed by atoms with Crippen molar-refractivity contribution in [2.75, 3.05) is 20.1 Å². The highest BCUT2D eigenvalue weighted by Gasteiger charge is 2.34. The fourth-order valence-electron chi connectivity index (χ4n) is 3.66. The van der Waals surface area contributed by atoms with E-state index >= 15 is 0 Å². The van der Waals surface area contributed by atoms with Gasteiger partial charge in [0.1, 0.15) is 0 Å². The highest BCUT2D eigenvalue weighted by atomic mass is 79.9. The summed E-state index contributed by atoms with van der Waals surface area (Å²) in [6.07, 6.45) is 4.01. The van der Waals surface area contributed by atoms with Crippen LogP contribution in [0, 0.1) is 11.3 Å². The summed E-state index contributed by atoms with van der Waals surface area (Å²) < 4.78 is 1.23. The van der Waals surface area contributed by atoms with Crippen molar-refractivity contribution in [3.05, 3.63) is 20.8 Å². The molecule has 4 heteroatoms. The van der Waals surface area contributed by atoms with Crippen LogP contribution in [0.2, 0.25) is 0 Å². The van der Waals surface area contributed by atoms with Crippen LogP contribution in [-0.4, -0.2) is 31.1 Å². The Kier molecular flexibility index (Phi) is 6.30. The summed E-state index contributed by atoms with van der Waals surface area (Å²) in [5.74, 6) is 0.765. The van der Waals surface area contributed by atoms with E-state index in [9.17, 15) is 0 Å². The van der Waals surface area contributed by atoms with Crippen molar-refractivity contribution >= 4 is 27.3 Å². The third-order valence-electron chi connectivity index (χ3n) is 4.60. The van der Waals surface area contributed by atoms with Crippen LogP contribution in [-0.2, 0) is 6.54 Å². The first-order valence-corrected chi connectivity index (χ1v) is 9.72. The molecule has 0 amide bonds. The Morgan fingerprint density at radius 3 is 2.86 bits per heavy atom. The second-order valence-electron chi connectivity index (χ2n) is 7.29. The number of hydrogen-bond donors (Lipinski definition) is 1. The summed E-state index contributed by atoms with van der Waals surface area (Å²) in [5, 5.41) is 5.97. The molecule has 1 aliphatic carbocycles.